The van der Waals surface area contributed by atoms with Crippen molar-refractivity contribution in [2.45, 2.75) is 96.8 Å². The van der Waals surface area contributed by atoms with Gasteiger partial charge in [0.2, 0.25) is 0 Å². The summed E-state index contributed by atoms with van der Waals surface area (Å²) in [4.78, 5) is 11.1. The van der Waals surface area contributed by atoms with Crippen LogP contribution in [0.5, 0.6) is 5.75 Å². The Kier molecular flexibility index (Phi) is 15.6. The molecular formula is C22H38CaO3. The third-order valence-electron chi connectivity index (χ3n) is 5.06. The van der Waals surface area contributed by atoms with E-state index >= 15 is 0 Å². The molecule has 0 bridgehead atoms. The first kappa shape index (κ1) is 25.7. The molecule has 0 saturated carbocycles. The Hall–Kier alpha value is -0.250. The van der Waals surface area contributed by atoms with E-state index in [9.17, 15) is 9.90 Å². The van der Waals surface area contributed by atoms with Gasteiger partial charge < -0.3 is 10.2 Å². The predicted octanol–water partition coefficient (Wildman–Crippen LogP) is 5.98. The Bertz CT molecular complexity index is 502. The topological polar surface area (TPSA) is 57.5 Å². The van der Waals surface area contributed by atoms with Crippen LogP contribution in [0.2, 0.25) is 0 Å². The molecule has 0 fully saturated rings. The predicted molar refractivity (Wildman–Crippen MR) is 113 cm³/mol. The molecule has 0 aliphatic carbocycles. The minimum absolute atomic E-state index is 0. The van der Waals surface area contributed by atoms with Gasteiger partial charge in [-0.15, -0.1) is 0 Å². The van der Waals surface area contributed by atoms with Gasteiger partial charge in [0.25, 0.3) is 0 Å². The quantitative estimate of drug-likeness (QED) is 0.303. The Morgan fingerprint density at radius 1 is 0.923 bits per heavy atom. The Labute approximate surface area is 189 Å². The van der Waals surface area contributed by atoms with Crippen LogP contribution in [0.15, 0.2) is 18.2 Å². The van der Waals surface area contributed by atoms with Gasteiger partial charge in [0.05, 0.1) is 0 Å². The molecule has 1 atom stereocenters. The first-order chi connectivity index (χ1) is 12.1. The third-order valence-corrected chi connectivity index (χ3v) is 5.06. The van der Waals surface area contributed by atoms with Crippen molar-refractivity contribution in [2.24, 2.45) is 0 Å². The molecule has 0 saturated heterocycles. The van der Waals surface area contributed by atoms with Gasteiger partial charge in [0.1, 0.15) is 11.3 Å². The Morgan fingerprint density at radius 3 is 1.92 bits per heavy atom. The first-order valence-corrected chi connectivity index (χ1v) is 10.1. The van der Waals surface area contributed by atoms with Crippen LogP contribution in [0.3, 0.4) is 0 Å². The molecule has 146 valence electrons. The van der Waals surface area contributed by atoms with Crippen molar-refractivity contribution in [1.29, 1.82) is 0 Å². The second-order valence-corrected chi connectivity index (χ2v) is 7.31. The monoisotopic (exact) mass is 390 g/mol. The summed E-state index contributed by atoms with van der Waals surface area (Å²) < 4.78 is 0. The number of carboxylic acids is 1. The summed E-state index contributed by atoms with van der Waals surface area (Å²) >= 11 is 0. The van der Waals surface area contributed by atoms with Gasteiger partial charge in [-0.1, -0.05) is 90.5 Å². The van der Waals surface area contributed by atoms with Crippen LogP contribution < -0.4 is 0 Å². The standard InChI is InChI=1S/C22H36O3.Ca.2H/c1-3-4-5-6-7-8-9-10-11-12-13-14-18(2)19-15-16-21(23)20(17-19)22(24)25;;;/h15-18,23H,3-14H2,1-2H3,(H,24,25);;;. The van der Waals surface area contributed by atoms with Crippen LogP contribution in [0.25, 0.3) is 0 Å². The zero-order valence-electron chi connectivity index (χ0n) is 16.1. The van der Waals surface area contributed by atoms with Gasteiger partial charge in [0, 0.05) is 0 Å². The van der Waals surface area contributed by atoms with Gasteiger partial charge in [-0.05, 0) is 30.0 Å². The van der Waals surface area contributed by atoms with E-state index in [0.717, 1.165) is 12.0 Å². The molecule has 26 heavy (non-hydrogen) atoms. The van der Waals surface area contributed by atoms with Crippen molar-refractivity contribution >= 4 is 43.7 Å². The summed E-state index contributed by atoms with van der Waals surface area (Å²) in [5.41, 5.74) is 1.01. The first-order valence-electron chi connectivity index (χ1n) is 10.1. The number of carbonyl (C=O) groups is 1. The van der Waals surface area contributed by atoms with Crippen LogP contribution in [-0.2, 0) is 0 Å². The number of aromatic carboxylic acids is 1. The normalized spacial score (nSPS) is 11.8. The summed E-state index contributed by atoms with van der Waals surface area (Å²) in [6.45, 7) is 4.39. The molecule has 1 aromatic rings. The Morgan fingerprint density at radius 2 is 1.42 bits per heavy atom. The van der Waals surface area contributed by atoms with Crippen LogP contribution in [0, 0.1) is 0 Å². The average Bonchev–Trinajstić information content (AvgIpc) is 2.59. The van der Waals surface area contributed by atoms with E-state index in [4.69, 9.17) is 5.11 Å². The van der Waals surface area contributed by atoms with E-state index in [0.29, 0.717) is 5.92 Å². The summed E-state index contributed by atoms with van der Waals surface area (Å²) in [6.07, 6.45) is 15.8. The second-order valence-electron chi connectivity index (χ2n) is 7.31. The van der Waals surface area contributed by atoms with Gasteiger partial charge >= 0.3 is 43.7 Å². The van der Waals surface area contributed by atoms with Crippen LogP contribution >= 0.6 is 0 Å². The molecule has 0 spiro atoms. The average molecular weight is 391 g/mol. The molecule has 1 rings (SSSR count). The molecule has 0 aromatic heterocycles. The van der Waals surface area contributed by atoms with Crippen molar-refractivity contribution in [1.82, 2.24) is 0 Å². The molecule has 0 amide bonds. The fraction of sp³-hybridized carbons (Fsp3) is 0.682. The number of benzene rings is 1. The van der Waals surface area contributed by atoms with E-state index in [-0.39, 0.29) is 49.1 Å². The van der Waals surface area contributed by atoms with Crippen molar-refractivity contribution < 1.29 is 15.0 Å². The van der Waals surface area contributed by atoms with Crippen molar-refractivity contribution in [3.63, 3.8) is 0 Å². The number of hydrogen-bond acceptors (Lipinski definition) is 2. The molecule has 2 N–H and O–H groups in total. The summed E-state index contributed by atoms with van der Waals surface area (Å²) in [5.74, 6) is -0.892. The van der Waals surface area contributed by atoms with E-state index in [1.54, 1.807) is 6.07 Å². The molecule has 0 aliphatic heterocycles. The van der Waals surface area contributed by atoms with Crippen LogP contribution in [0.4, 0.5) is 0 Å². The van der Waals surface area contributed by atoms with Crippen molar-refractivity contribution in [2.75, 3.05) is 0 Å². The second kappa shape index (κ2) is 15.8. The SMILES string of the molecule is CCCCCCCCCCCCCC(C)c1ccc(O)c(C(=O)O)c1.[CaH2]. The number of aromatic hydroxyl groups is 1. The molecule has 1 aromatic carbocycles. The van der Waals surface area contributed by atoms with E-state index in [1.807, 2.05) is 6.07 Å². The zero-order valence-corrected chi connectivity index (χ0v) is 16.1. The maximum atomic E-state index is 11.1. The summed E-state index contributed by atoms with van der Waals surface area (Å²) in [7, 11) is 0. The maximum absolute atomic E-state index is 11.1. The summed E-state index contributed by atoms with van der Waals surface area (Å²) in [6, 6.07) is 4.95. The van der Waals surface area contributed by atoms with Crippen molar-refractivity contribution in [3.8, 4) is 5.75 Å². The van der Waals surface area contributed by atoms with Gasteiger partial charge in [-0.3, -0.25) is 0 Å². The molecular weight excluding hydrogens is 352 g/mol. The Balaban J connectivity index is 0.00000625. The fourth-order valence-electron chi connectivity index (χ4n) is 3.31. The number of carboxylic acid groups (broad SMARTS) is 1. The zero-order chi connectivity index (χ0) is 18.5. The van der Waals surface area contributed by atoms with Crippen LogP contribution in [0.1, 0.15) is 113 Å². The van der Waals surface area contributed by atoms with Gasteiger partial charge in [-0.2, -0.15) is 0 Å². The molecule has 0 aliphatic rings. The van der Waals surface area contributed by atoms with Gasteiger partial charge in [-0.25, -0.2) is 4.79 Å². The fourth-order valence-corrected chi connectivity index (χ4v) is 3.31. The van der Waals surface area contributed by atoms with Gasteiger partial charge in [0.15, 0.2) is 0 Å². The minimum atomic E-state index is -1.07. The summed E-state index contributed by atoms with van der Waals surface area (Å²) in [5, 5.41) is 18.7. The van der Waals surface area contributed by atoms with Crippen LogP contribution in [-0.4, -0.2) is 53.9 Å². The van der Waals surface area contributed by atoms with E-state index in [2.05, 4.69) is 13.8 Å². The number of phenols is 1. The molecule has 3 nitrogen and oxygen atoms in total. The number of unbranched alkanes of at least 4 members (excludes halogenated alkanes) is 10. The molecule has 4 heteroatoms. The molecule has 0 radical (unpaired) electrons. The van der Waals surface area contributed by atoms with E-state index < -0.39 is 5.97 Å². The molecule has 1 unspecified atom stereocenters. The number of rotatable bonds is 14. The molecule has 0 heterocycles. The van der Waals surface area contributed by atoms with Crippen molar-refractivity contribution in [3.05, 3.63) is 29.3 Å². The van der Waals surface area contributed by atoms with E-state index in [1.165, 1.54) is 76.7 Å². The third kappa shape index (κ3) is 10.8. The number of hydrogen-bond donors (Lipinski definition) is 2.